The molecule has 1 aliphatic heterocycles. The van der Waals surface area contributed by atoms with Gasteiger partial charge in [-0.2, -0.15) is 0 Å². The van der Waals surface area contributed by atoms with E-state index < -0.39 is 0 Å². The molecule has 1 amide bonds. The second kappa shape index (κ2) is 6.04. The maximum atomic E-state index is 12.5. The predicted octanol–water partition coefficient (Wildman–Crippen LogP) is 3.14. The lowest BCUT2D eigenvalue weighted by Crippen LogP contribution is -2.39. The van der Waals surface area contributed by atoms with Crippen LogP contribution in [-0.4, -0.2) is 28.5 Å². The van der Waals surface area contributed by atoms with Crippen molar-refractivity contribution in [2.75, 3.05) is 13.2 Å². The molecule has 0 fully saturated rings. The highest BCUT2D eigenvalue weighted by atomic mass is 16.5. The molecule has 4 nitrogen and oxygen atoms in total. The van der Waals surface area contributed by atoms with Crippen LogP contribution in [0.2, 0.25) is 0 Å². The minimum Gasteiger partial charge on any atom is -0.484 e. The number of aromatic nitrogens is 1. The van der Waals surface area contributed by atoms with Crippen molar-refractivity contribution in [1.82, 2.24) is 9.47 Å². The molecule has 0 atom stereocenters. The quantitative estimate of drug-likeness (QED) is 0.743. The van der Waals surface area contributed by atoms with Gasteiger partial charge in [-0.1, -0.05) is 36.4 Å². The summed E-state index contributed by atoms with van der Waals surface area (Å²) in [6.45, 7) is 1.49. The van der Waals surface area contributed by atoms with Crippen molar-refractivity contribution in [3.63, 3.8) is 0 Å². The molecule has 0 spiro atoms. The second-order valence-electron chi connectivity index (χ2n) is 6.17. The first kappa shape index (κ1) is 14.8. The molecule has 2 aromatic carbocycles. The first-order chi connectivity index (χ1) is 11.7. The van der Waals surface area contributed by atoms with Crippen LogP contribution in [0.15, 0.2) is 54.6 Å². The Morgan fingerprint density at radius 3 is 2.67 bits per heavy atom. The maximum absolute atomic E-state index is 12.5. The fourth-order valence-electron chi connectivity index (χ4n) is 3.50. The highest BCUT2D eigenvalue weighted by Gasteiger charge is 2.25. The van der Waals surface area contributed by atoms with E-state index in [2.05, 4.69) is 35.9 Å². The van der Waals surface area contributed by atoms with Gasteiger partial charge in [-0.3, -0.25) is 4.79 Å². The number of amides is 1. The molecule has 2 heterocycles. The molecule has 0 bridgehead atoms. The zero-order valence-corrected chi connectivity index (χ0v) is 13.7. The third kappa shape index (κ3) is 2.54. The standard InChI is InChI=1S/C20H20N2O2/c1-21-18-10-6-5-9-16(18)17-13-22(12-11-19(17)21)20(23)14-24-15-7-3-2-4-8-15/h2-10H,11-14H2,1H3. The van der Waals surface area contributed by atoms with Crippen LogP contribution in [0.5, 0.6) is 5.75 Å². The highest BCUT2D eigenvalue weighted by Crippen LogP contribution is 2.30. The molecule has 24 heavy (non-hydrogen) atoms. The summed E-state index contributed by atoms with van der Waals surface area (Å²) < 4.78 is 7.86. The van der Waals surface area contributed by atoms with Gasteiger partial charge in [0.1, 0.15) is 5.75 Å². The monoisotopic (exact) mass is 320 g/mol. The number of para-hydroxylation sites is 2. The van der Waals surface area contributed by atoms with E-state index in [9.17, 15) is 4.79 Å². The molecule has 0 radical (unpaired) electrons. The van der Waals surface area contributed by atoms with E-state index in [1.54, 1.807) is 0 Å². The SMILES string of the molecule is Cn1c2c(c3ccccc31)CN(C(=O)COc1ccccc1)CC2. The molecule has 1 aliphatic rings. The molecule has 1 aromatic heterocycles. The van der Waals surface area contributed by atoms with Gasteiger partial charge in [0.2, 0.25) is 0 Å². The van der Waals surface area contributed by atoms with Crippen LogP contribution in [0.4, 0.5) is 0 Å². The zero-order valence-electron chi connectivity index (χ0n) is 13.7. The summed E-state index contributed by atoms with van der Waals surface area (Å²) >= 11 is 0. The van der Waals surface area contributed by atoms with Crippen molar-refractivity contribution in [2.45, 2.75) is 13.0 Å². The van der Waals surface area contributed by atoms with Gasteiger partial charge in [0.15, 0.2) is 6.61 Å². The minimum atomic E-state index is 0.0393. The lowest BCUT2D eigenvalue weighted by molar-refractivity contribution is -0.134. The summed E-state index contributed by atoms with van der Waals surface area (Å²) in [7, 11) is 2.11. The summed E-state index contributed by atoms with van der Waals surface area (Å²) in [5.74, 6) is 0.770. The third-order valence-electron chi connectivity index (χ3n) is 4.77. The molecular weight excluding hydrogens is 300 g/mol. The highest BCUT2D eigenvalue weighted by molar-refractivity contribution is 5.87. The van der Waals surface area contributed by atoms with Gasteiger partial charge in [-0.15, -0.1) is 0 Å². The van der Waals surface area contributed by atoms with Crippen LogP contribution in [-0.2, 0) is 24.8 Å². The Hall–Kier alpha value is -2.75. The average molecular weight is 320 g/mol. The van der Waals surface area contributed by atoms with Gasteiger partial charge in [-0.05, 0) is 18.2 Å². The molecule has 0 saturated carbocycles. The van der Waals surface area contributed by atoms with Crippen molar-refractivity contribution < 1.29 is 9.53 Å². The predicted molar refractivity (Wildman–Crippen MR) is 94.0 cm³/mol. The Morgan fingerprint density at radius 2 is 1.83 bits per heavy atom. The number of carbonyl (C=O) groups excluding carboxylic acids is 1. The fourth-order valence-corrected chi connectivity index (χ4v) is 3.50. The molecular formula is C20H20N2O2. The summed E-state index contributed by atoms with van der Waals surface area (Å²) in [5.41, 5.74) is 3.84. The number of hydrogen-bond donors (Lipinski definition) is 0. The van der Waals surface area contributed by atoms with Crippen LogP contribution in [0, 0.1) is 0 Å². The van der Waals surface area contributed by atoms with E-state index in [1.165, 1.54) is 22.2 Å². The number of hydrogen-bond acceptors (Lipinski definition) is 2. The molecule has 0 unspecified atom stereocenters. The number of ether oxygens (including phenoxy) is 1. The topological polar surface area (TPSA) is 34.5 Å². The van der Waals surface area contributed by atoms with E-state index in [4.69, 9.17) is 4.74 Å². The molecule has 122 valence electrons. The maximum Gasteiger partial charge on any atom is 0.260 e. The van der Waals surface area contributed by atoms with Crippen molar-refractivity contribution in [2.24, 2.45) is 7.05 Å². The van der Waals surface area contributed by atoms with Crippen LogP contribution < -0.4 is 4.74 Å². The molecule has 4 heteroatoms. The van der Waals surface area contributed by atoms with Gasteiger partial charge in [0, 0.05) is 48.7 Å². The van der Waals surface area contributed by atoms with E-state index in [0.717, 1.165) is 18.7 Å². The third-order valence-corrected chi connectivity index (χ3v) is 4.77. The first-order valence-electron chi connectivity index (χ1n) is 8.25. The second-order valence-corrected chi connectivity index (χ2v) is 6.17. The Balaban J connectivity index is 1.52. The van der Waals surface area contributed by atoms with E-state index >= 15 is 0 Å². The van der Waals surface area contributed by atoms with Crippen LogP contribution in [0.3, 0.4) is 0 Å². The summed E-state index contributed by atoms with van der Waals surface area (Å²) in [4.78, 5) is 14.4. The summed E-state index contributed by atoms with van der Waals surface area (Å²) in [6.07, 6.45) is 0.886. The van der Waals surface area contributed by atoms with Gasteiger partial charge in [-0.25, -0.2) is 0 Å². The van der Waals surface area contributed by atoms with E-state index in [1.807, 2.05) is 35.2 Å². The first-order valence-corrected chi connectivity index (χ1v) is 8.25. The minimum absolute atomic E-state index is 0.0393. The largest absolute Gasteiger partial charge is 0.484 e. The molecule has 0 saturated heterocycles. The number of rotatable bonds is 3. The zero-order chi connectivity index (χ0) is 16.5. The van der Waals surface area contributed by atoms with E-state index in [-0.39, 0.29) is 12.5 Å². The number of nitrogens with zero attached hydrogens (tertiary/aromatic N) is 2. The number of fused-ring (bicyclic) bond motifs is 3. The van der Waals surface area contributed by atoms with E-state index in [0.29, 0.717) is 6.54 Å². The van der Waals surface area contributed by atoms with Gasteiger partial charge in [0.25, 0.3) is 5.91 Å². The van der Waals surface area contributed by atoms with Crippen molar-refractivity contribution in [1.29, 1.82) is 0 Å². The Bertz CT molecular complexity index is 883. The number of benzene rings is 2. The average Bonchev–Trinajstić information content (AvgIpc) is 2.93. The smallest absolute Gasteiger partial charge is 0.260 e. The number of aryl methyl sites for hydroxylation is 1. The van der Waals surface area contributed by atoms with Gasteiger partial charge < -0.3 is 14.2 Å². The Kier molecular flexibility index (Phi) is 3.73. The van der Waals surface area contributed by atoms with Crippen LogP contribution in [0.1, 0.15) is 11.3 Å². The molecule has 4 rings (SSSR count). The van der Waals surface area contributed by atoms with Gasteiger partial charge >= 0.3 is 0 Å². The lowest BCUT2D eigenvalue weighted by Gasteiger charge is -2.28. The Morgan fingerprint density at radius 1 is 1.08 bits per heavy atom. The molecule has 0 N–H and O–H groups in total. The van der Waals surface area contributed by atoms with Crippen molar-refractivity contribution in [3.05, 3.63) is 65.9 Å². The summed E-state index contributed by atoms with van der Waals surface area (Å²) in [5, 5.41) is 1.25. The van der Waals surface area contributed by atoms with Gasteiger partial charge in [0.05, 0.1) is 0 Å². The summed E-state index contributed by atoms with van der Waals surface area (Å²) in [6, 6.07) is 17.9. The van der Waals surface area contributed by atoms with Crippen LogP contribution >= 0.6 is 0 Å². The molecule has 0 aliphatic carbocycles. The van der Waals surface area contributed by atoms with Crippen LogP contribution in [0.25, 0.3) is 10.9 Å². The fraction of sp³-hybridized carbons (Fsp3) is 0.250. The normalized spacial score (nSPS) is 13.8. The lowest BCUT2D eigenvalue weighted by atomic mass is 10.0. The Labute approximate surface area is 141 Å². The number of carbonyl (C=O) groups is 1. The molecule has 3 aromatic rings. The van der Waals surface area contributed by atoms with Crippen molar-refractivity contribution in [3.8, 4) is 5.75 Å². The van der Waals surface area contributed by atoms with Crippen molar-refractivity contribution >= 4 is 16.8 Å².